The van der Waals surface area contributed by atoms with E-state index in [1.807, 2.05) is 31.1 Å². The Morgan fingerprint density at radius 1 is 1.11 bits per heavy atom. The quantitative estimate of drug-likeness (QED) is 0.490. The summed E-state index contributed by atoms with van der Waals surface area (Å²) in [6.45, 7) is 0. The molecule has 18 heavy (non-hydrogen) atoms. The van der Waals surface area contributed by atoms with Gasteiger partial charge in [0, 0.05) is 0 Å². The third-order valence-corrected chi connectivity index (χ3v) is 3.06. The SMILES string of the molecule is COc1ccc2cc(C(NN)N(C)C)ccc2c1. The highest BCUT2D eigenvalue weighted by molar-refractivity contribution is 5.84. The Balaban J connectivity index is 2.44. The van der Waals surface area contributed by atoms with Crippen molar-refractivity contribution in [2.24, 2.45) is 5.84 Å². The van der Waals surface area contributed by atoms with E-state index in [4.69, 9.17) is 10.6 Å². The molecule has 4 heteroatoms. The highest BCUT2D eigenvalue weighted by Gasteiger charge is 2.12. The second-order valence-corrected chi connectivity index (χ2v) is 4.51. The molecule has 1 unspecified atom stereocenters. The summed E-state index contributed by atoms with van der Waals surface area (Å²) in [4.78, 5) is 2.03. The fourth-order valence-electron chi connectivity index (χ4n) is 2.08. The van der Waals surface area contributed by atoms with Crippen molar-refractivity contribution >= 4 is 10.8 Å². The number of rotatable bonds is 4. The molecular weight excluding hydrogens is 226 g/mol. The maximum atomic E-state index is 5.58. The van der Waals surface area contributed by atoms with Gasteiger partial charge in [0.1, 0.15) is 5.75 Å². The van der Waals surface area contributed by atoms with E-state index in [0.29, 0.717) is 0 Å². The van der Waals surface area contributed by atoms with Crippen LogP contribution in [-0.4, -0.2) is 26.1 Å². The average Bonchev–Trinajstić information content (AvgIpc) is 2.38. The van der Waals surface area contributed by atoms with Crippen LogP contribution >= 0.6 is 0 Å². The molecule has 1 atom stereocenters. The van der Waals surface area contributed by atoms with Crippen LogP contribution in [0.25, 0.3) is 10.8 Å². The van der Waals surface area contributed by atoms with Gasteiger partial charge in [0.2, 0.25) is 0 Å². The standard InChI is InChI=1S/C14H19N3O/c1-17(2)14(16-15)12-5-4-11-9-13(18-3)7-6-10(11)8-12/h4-9,14,16H,15H2,1-3H3. The first-order valence-electron chi connectivity index (χ1n) is 5.86. The maximum Gasteiger partial charge on any atom is 0.119 e. The number of hydrogen-bond donors (Lipinski definition) is 2. The summed E-state index contributed by atoms with van der Waals surface area (Å²) >= 11 is 0. The van der Waals surface area contributed by atoms with E-state index in [1.165, 1.54) is 5.39 Å². The second kappa shape index (κ2) is 5.35. The lowest BCUT2D eigenvalue weighted by Crippen LogP contribution is -2.37. The highest BCUT2D eigenvalue weighted by atomic mass is 16.5. The minimum Gasteiger partial charge on any atom is -0.497 e. The zero-order chi connectivity index (χ0) is 13.1. The number of nitrogens with two attached hydrogens (primary N) is 1. The van der Waals surface area contributed by atoms with Crippen molar-refractivity contribution in [3.05, 3.63) is 42.0 Å². The van der Waals surface area contributed by atoms with Crippen LogP contribution in [0.5, 0.6) is 5.75 Å². The topological polar surface area (TPSA) is 50.5 Å². The van der Waals surface area contributed by atoms with E-state index < -0.39 is 0 Å². The number of nitrogens with zero attached hydrogens (tertiary/aromatic N) is 1. The van der Waals surface area contributed by atoms with Gasteiger partial charge in [-0.2, -0.15) is 0 Å². The minimum absolute atomic E-state index is 0.0106. The van der Waals surface area contributed by atoms with Crippen LogP contribution in [0.1, 0.15) is 11.7 Å². The van der Waals surface area contributed by atoms with Crippen LogP contribution in [0.2, 0.25) is 0 Å². The van der Waals surface area contributed by atoms with Gasteiger partial charge >= 0.3 is 0 Å². The molecule has 0 spiro atoms. The Hall–Kier alpha value is -1.62. The van der Waals surface area contributed by atoms with Crippen LogP contribution in [-0.2, 0) is 0 Å². The maximum absolute atomic E-state index is 5.58. The number of fused-ring (bicyclic) bond motifs is 1. The van der Waals surface area contributed by atoms with Gasteiger partial charge in [0.05, 0.1) is 13.3 Å². The lowest BCUT2D eigenvalue weighted by Gasteiger charge is -2.24. The summed E-state index contributed by atoms with van der Waals surface area (Å²) in [6, 6.07) is 12.3. The summed E-state index contributed by atoms with van der Waals surface area (Å²) in [6.07, 6.45) is 0.0106. The van der Waals surface area contributed by atoms with Crippen molar-refractivity contribution in [3.8, 4) is 5.75 Å². The smallest absolute Gasteiger partial charge is 0.119 e. The van der Waals surface area contributed by atoms with Gasteiger partial charge in [-0.25, -0.2) is 5.43 Å². The molecule has 4 nitrogen and oxygen atoms in total. The molecule has 0 aliphatic carbocycles. The molecule has 2 aromatic rings. The number of hydrogen-bond acceptors (Lipinski definition) is 4. The van der Waals surface area contributed by atoms with Crippen molar-refractivity contribution < 1.29 is 4.74 Å². The Morgan fingerprint density at radius 2 is 1.78 bits per heavy atom. The van der Waals surface area contributed by atoms with Crippen molar-refractivity contribution in [2.75, 3.05) is 21.2 Å². The van der Waals surface area contributed by atoms with Gasteiger partial charge in [-0.05, 0) is 48.6 Å². The summed E-state index contributed by atoms with van der Waals surface area (Å²) in [7, 11) is 5.65. The van der Waals surface area contributed by atoms with E-state index in [2.05, 4.69) is 29.7 Å². The largest absolute Gasteiger partial charge is 0.497 e. The van der Waals surface area contributed by atoms with Gasteiger partial charge in [0.25, 0.3) is 0 Å². The van der Waals surface area contributed by atoms with Gasteiger partial charge in [-0.1, -0.05) is 18.2 Å². The van der Waals surface area contributed by atoms with E-state index in [0.717, 1.165) is 16.7 Å². The van der Waals surface area contributed by atoms with Gasteiger partial charge < -0.3 is 4.74 Å². The van der Waals surface area contributed by atoms with Gasteiger partial charge in [-0.3, -0.25) is 10.7 Å². The first kappa shape index (κ1) is 12.8. The average molecular weight is 245 g/mol. The predicted molar refractivity (Wildman–Crippen MR) is 74.3 cm³/mol. The lowest BCUT2D eigenvalue weighted by atomic mass is 10.0. The number of hydrazine groups is 1. The second-order valence-electron chi connectivity index (χ2n) is 4.51. The fourth-order valence-corrected chi connectivity index (χ4v) is 2.08. The molecule has 0 amide bonds. The Kier molecular flexibility index (Phi) is 3.81. The molecule has 2 rings (SSSR count). The van der Waals surface area contributed by atoms with Gasteiger partial charge in [-0.15, -0.1) is 0 Å². The van der Waals surface area contributed by atoms with Crippen molar-refractivity contribution in [3.63, 3.8) is 0 Å². The summed E-state index contributed by atoms with van der Waals surface area (Å²) in [5.41, 5.74) is 3.95. The zero-order valence-electron chi connectivity index (χ0n) is 11.0. The number of ether oxygens (including phenoxy) is 1. The van der Waals surface area contributed by atoms with Crippen molar-refractivity contribution in [2.45, 2.75) is 6.17 Å². The predicted octanol–water partition coefficient (Wildman–Crippen LogP) is 1.87. The molecule has 0 radical (unpaired) electrons. The van der Waals surface area contributed by atoms with E-state index >= 15 is 0 Å². The summed E-state index contributed by atoms with van der Waals surface area (Å²) in [5, 5.41) is 2.34. The van der Waals surface area contributed by atoms with Crippen LogP contribution in [0, 0.1) is 0 Å². The Labute approximate surface area is 107 Å². The normalized spacial score (nSPS) is 12.9. The fraction of sp³-hybridized carbons (Fsp3) is 0.286. The Morgan fingerprint density at radius 3 is 2.39 bits per heavy atom. The van der Waals surface area contributed by atoms with Crippen LogP contribution in [0.3, 0.4) is 0 Å². The third-order valence-electron chi connectivity index (χ3n) is 3.06. The number of methoxy groups -OCH3 is 1. The van der Waals surface area contributed by atoms with Crippen LogP contribution < -0.4 is 16.0 Å². The van der Waals surface area contributed by atoms with Crippen LogP contribution in [0.15, 0.2) is 36.4 Å². The number of benzene rings is 2. The molecule has 0 aliphatic rings. The molecule has 0 aromatic heterocycles. The zero-order valence-corrected chi connectivity index (χ0v) is 11.0. The molecule has 0 saturated carbocycles. The molecule has 3 N–H and O–H groups in total. The van der Waals surface area contributed by atoms with Crippen molar-refractivity contribution in [1.82, 2.24) is 10.3 Å². The van der Waals surface area contributed by atoms with Crippen LogP contribution in [0.4, 0.5) is 0 Å². The molecule has 0 fully saturated rings. The highest BCUT2D eigenvalue weighted by Crippen LogP contribution is 2.24. The van der Waals surface area contributed by atoms with E-state index in [1.54, 1.807) is 7.11 Å². The first-order chi connectivity index (χ1) is 8.65. The molecule has 2 aromatic carbocycles. The van der Waals surface area contributed by atoms with Gasteiger partial charge in [0.15, 0.2) is 0 Å². The molecule has 0 aliphatic heterocycles. The summed E-state index contributed by atoms with van der Waals surface area (Å²) < 4.78 is 5.22. The molecule has 96 valence electrons. The molecular formula is C14H19N3O. The number of nitrogens with one attached hydrogen (secondary N) is 1. The third kappa shape index (κ3) is 2.46. The van der Waals surface area contributed by atoms with E-state index in [9.17, 15) is 0 Å². The molecule has 0 heterocycles. The first-order valence-corrected chi connectivity index (χ1v) is 5.86. The van der Waals surface area contributed by atoms with Crippen molar-refractivity contribution in [1.29, 1.82) is 0 Å². The minimum atomic E-state index is 0.0106. The monoisotopic (exact) mass is 245 g/mol. The molecule has 0 saturated heterocycles. The lowest BCUT2D eigenvalue weighted by molar-refractivity contribution is 0.253. The van der Waals surface area contributed by atoms with E-state index in [-0.39, 0.29) is 6.17 Å². The molecule has 0 bridgehead atoms. The summed E-state index contributed by atoms with van der Waals surface area (Å²) in [5.74, 6) is 6.46. The Bertz CT molecular complexity index is 540.